The van der Waals surface area contributed by atoms with Crippen LogP contribution in [-0.4, -0.2) is 25.5 Å². The summed E-state index contributed by atoms with van der Waals surface area (Å²) < 4.78 is 7.30. The predicted molar refractivity (Wildman–Crippen MR) is 87.2 cm³/mol. The van der Waals surface area contributed by atoms with E-state index in [1.165, 1.54) is 0 Å². The quantitative estimate of drug-likeness (QED) is 0.744. The smallest absolute Gasteiger partial charge is 0.277 e. The number of imidazole rings is 1. The Kier molecular flexibility index (Phi) is 3.65. The number of amides is 1. The molecule has 1 atom stereocenters. The normalized spacial score (nSPS) is 16.9. The van der Waals surface area contributed by atoms with Crippen molar-refractivity contribution in [1.29, 1.82) is 0 Å². The minimum absolute atomic E-state index is 0.0535. The van der Waals surface area contributed by atoms with Gasteiger partial charge in [-0.05, 0) is 5.56 Å². The maximum absolute atomic E-state index is 13.0. The summed E-state index contributed by atoms with van der Waals surface area (Å²) in [6.45, 7) is 3.11. The van der Waals surface area contributed by atoms with Gasteiger partial charge in [0.2, 0.25) is 0 Å². The molecule has 1 amide bonds. The van der Waals surface area contributed by atoms with E-state index < -0.39 is 0 Å². The first kappa shape index (κ1) is 14.7. The lowest BCUT2D eigenvalue weighted by Crippen LogP contribution is -2.41. The van der Waals surface area contributed by atoms with E-state index >= 15 is 0 Å². The van der Waals surface area contributed by atoms with E-state index in [9.17, 15) is 4.79 Å². The van der Waals surface area contributed by atoms with Crippen molar-refractivity contribution in [3.8, 4) is 0 Å². The molecule has 1 aromatic carbocycles. The Hall–Kier alpha value is -2.89. The van der Waals surface area contributed by atoms with Gasteiger partial charge in [0.15, 0.2) is 5.69 Å². The van der Waals surface area contributed by atoms with Crippen LogP contribution in [0.5, 0.6) is 0 Å². The third-order valence-electron chi connectivity index (χ3n) is 4.43. The zero-order chi connectivity index (χ0) is 16.5. The number of hydrogen-bond donors (Lipinski definition) is 0. The van der Waals surface area contributed by atoms with Crippen LogP contribution in [0.25, 0.3) is 0 Å². The van der Waals surface area contributed by atoms with Crippen LogP contribution < -0.4 is 0 Å². The van der Waals surface area contributed by atoms with Gasteiger partial charge in [0, 0.05) is 31.4 Å². The molecular formula is C18H18N4O2. The van der Waals surface area contributed by atoms with E-state index in [0.29, 0.717) is 31.0 Å². The highest BCUT2D eigenvalue weighted by molar-refractivity contribution is 5.92. The van der Waals surface area contributed by atoms with Gasteiger partial charge in [-0.25, -0.2) is 4.98 Å². The van der Waals surface area contributed by atoms with Crippen LogP contribution in [0, 0.1) is 0 Å². The van der Waals surface area contributed by atoms with E-state index in [2.05, 4.69) is 14.7 Å². The van der Waals surface area contributed by atoms with Crippen molar-refractivity contribution in [2.24, 2.45) is 0 Å². The molecule has 0 saturated heterocycles. The number of carbonyl (C=O) groups excluding carboxylic acids is 1. The van der Waals surface area contributed by atoms with Gasteiger partial charge in [-0.3, -0.25) is 4.79 Å². The van der Waals surface area contributed by atoms with E-state index in [-0.39, 0.29) is 11.9 Å². The van der Waals surface area contributed by atoms with Gasteiger partial charge in [-0.1, -0.05) is 42.4 Å². The molecule has 0 saturated carbocycles. The largest absolute Gasteiger partial charge is 0.361 e. The second-order valence-electron chi connectivity index (χ2n) is 5.89. The number of carbonyl (C=O) groups is 1. The molecule has 6 heteroatoms. The average Bonchev–Trinajstić information content (AvgIpc) is 3.29. The molecule has 3 aromatic rings. The molecule has 122 valence electrons. The Balaban J connectivity index is 1.71. The van der Waals surface area contributed by atoms with Gasteiger partial charge in [-0.2, -0.15) is 0 Å². The number of rotatable bonds is 3. The monoisotopic (exact) mass is 322 g/mol. The number of nitrogens with zero attached hydrogens (tertiary/aromatic N) is 4. The first-order chi connectivity index (χ1) is 11.8. The molecule has 0 fully saturated rings. The topological polar surface area (TPSA) is 64.2 Å². The molecule has 1 aliphatic heterocycles. The van der Waals surface area contributed by atoms with Crippen LogP contribution in [-0.2, 0) is 19.5 Å². The maximum atomic E-state index is 13.0. The number of aromatic nitrogens is 3. The molecular weight excluding hydrogens is 304 g/mol. The molecule has 0 N–H and O–H groups in total. The Labute approximate surface area is 139 Å². The maximum Gasteiger partial charge on any atom is 0.277 e. The number of aryl methyl sites for hydroxylation is 1. The third kappa shape index (κ3) is 2.50. The lowest BCUT2D eigenvalue weighted by molar-refractivity contribution is 0.0573. The lowest BCUT2D eigenvalue weighted by atomic mass is 10.0. The first-order valence-electron chi connectivity index (χ1n) is 8.07. The molecule has 0 spiro atoms. The zero-order valence-electron chi connectivity index (χ0n) is 13.4. The second kappa shape index (κ2) is 5.96. The van der Waals surface area contributed by atoms with Gasteiger partial charge in [0.25, 0.3) is 5.91 Å². The van der Waals surface area contributed by atoms with Crippen molar-refractivity contribution in [3.05, 3.63) is 71.6 Å². The molecule has 2 aromatic heterocycles. The van der Waals surface area contributed by atoms with Crippen molar-refractivity contribution < 1.29 is 9.32 Å². The summed E-state index contributed by atoms with van der Waals surface area (Å²) in [5.74, 6) is 1.48. The van der Waals surface area contributed by atoms with Crippen LogP contribution >= 0.6 is 0 Å². The standard InChI is InChI=1S/C18H18N4O2/c1-2-14-10-15(20-24-14)18(23)22-12-17-19-8-9-21(17)11-16(22)13-6-4-3-5-7-13/h3-10,16H,2,11-12H2,1H3/t16-/m0/s1. The van der Waals surface area contributed by atoms with E-state index in [1.807, 2.05) is 48.4 Å². The first-order valence-corrected chi connectivity index (χ1v) is 8.07. The average molecular weight is 322 g/mol. The Morgan fingerprint density at radius 1 is 1.33 bits per heavy atom. The summed E-state index contributed by atoms with van der Waals surface area (Å²) >= 11 is 0. The van der Waals surface area contributed by atoms with Crippen LogP contribution in [0.1, 0.15) is 40.6 Å². The summed E-state index contributed by atoms with van der Waals surface area (Å²) in [4.78, 5) is 19.2. The molecule has 4 rings (SSSR count). The highest BCUT2D eigenvalue weighted by Crippen LogP contribution is 2.30. The second-order valence-corrected chi connectivity index (χ2v) is 5.89. The van der Waals surface area contributed by atoms with Crippen molar-refractivity contribution >= 4 is 5.91 Å². The molecule has 0 bridgehead atoms. The highest BCUT2D eigenvalue weighted by Gasteiger charge is 2.33. The van der Waals surface area contributed by atoms with E-state index in [4.69, 9.17) is 4.52 Å². The molecule has 0 unspecified atom stereocenters. The Morgan fingerprint density at radius 2 is 2.17 bits per heavy atom. The molecule has 0 aliphatic carbocycles. The summed E-state index contributed by atoms with van der Waals surface area (Å²) in [6, 6.07) is 11.7. The zero-order valence-corrected chi connectivity index (χ0v) is 13.4. The molecule has 6 nitrogen and oxygen atoms in total. The van der Waals surface area contributed by atoms with Crippen molar-refractivity contribution in [1.82, 2.24) is 19.6 Å². The van der Waals surface area contributed by atoms with Gasteiger partial charge in [0.05, 0.1) is 12.6 Å². The van der Waals surface area contributed by atoms with Gasteiger partial charge in [0.1, 0.15) is 11.6 Å². The molecule has 3 heterocycles. The van der Waals surface area contributed by atoms with Gasteiger partial charge < -0.3 is 14.0 Å². The van der Waals surface area contributed by atoms with E-state index in [1.54, 1.807) is 12.3 Å². The van der Waals surface area contributed by atoms with Crippen LogP contribution in [0.4, 0.5) is 0 Å². The Morgan fingerprint density at radius 3 is 2.92 bits per heavy atom. The van der Waals surface area contributed by atoms with Gasteiger partial charge in [-0.15, -0.1) is 0 Å². The van der Waals surface area contributed by atoms with Crippen molar-refractivity contribution in [2.45, 2.75) is 32.5 Å². The SMILES string of the molecule is CCc1cc(C(=O)N2Cc3nccn3C[C@H]2c2ccccc2)no1. The summed E-state index contributed by atoms with van der Waals surface area (Å²) in [7, 11) is 0. The van der Waals surface area contributed by atoms with E-state index in [0.717, 1.165) is 11.4 Å². The number of hydrogen-bond acceptors (Lipinski definition) is 4. The number of benzene rings is 1. The van der Waals surface area contributed by atoms with Crippen molar-refractivity contribution in [3.63, 3.8) is 0 Å². The predicted octanol–water partition coefficient (Wildman–Crippen LogP) is 2.83. The molecule has 0 radical (unpaired) electrons. The fourth-order valence-corrected chi connectivity index (χ4v) is 3.11. The Bertz CT molecular complexity index is 853. The lowest BCUT2D eigenvalue weighted by Gasteiger charge is -2.36. The minimum atomic E-state index is -0.124. The van der Waals surface area contributed by atoms with Gasteiger partial charge >= 0.3 is 0 Å². The summed E-state index contributed by atoms with van der Waals surface area (Å²) in [5.41, 5.74) is 1.46. The fourth-order valence-electron chi connectivity index (χ4n) is 3.11. The third-order valence-corrected chi connectivity index (χ3v) is 4.43. The van der Waals surface area contributed by atoms with Crippen LogP contribution in [0.3, 0.4) is 0 Å². The summed E-state index contributed by atoms with van der Waals surface area (Å²) in [6.07, 6.45) is 4.45. The fraction of sp³-hybridized carbons (Fsp3) is 0.278. The van der Waals surface area contributed by atoms with Crippen LogP contribution in [0.2, 0.25) is 0 Å². The molecule has 1 aliphatic rings. The molecule has 24 heavy (non-hydrogen) atoms. The van der Waals surface area contributed by atoms with Crippen LogP contribution in [0.15, 0.2) is 53.3 Å². The number of fused-ring (bicyclic) bond motifs is 1. The minimum Gasteiger partial charge on any atom is -0.361 e. The van der Waals surface area contributed by atoms with Crippen molar-refractivity contribution in [2.75, 3.05) is 0 Å². The highest BCUT2D eigenvalue weighted by atomic mass is 16.5. The summed E-state index contributed by atoms with van der Waals surface area (Å²) in [5, 5.41) is 3.94.